The molecule has 1 unspecified atom stereocenters. The molecule has 1 heterocycles. The third-order valence-electron chi connectivity index (χ3n) is 7.10. The van der Waals surface area contributed by atoms with Crippen LogP contribution in [0, 0.1) is 0 Å². The van der Waals surface area contributed by atoms with Gasteiger partial charge in [-0.3, -0.25) is 0 Å². The van der Waals surface area contributed by atoms with E-state index in [4.69, 9.17) is 4.74 Å². The van der Waals surface area contributed by atoms with Gasteiger partial charge in [0.15, 0.2) is 7.14 Å². The minimum atomic E-state index is -3.15. The Morgan fingerprint density at radius 3 is 1.67 bits per heavy atom. The highest BCUT2D eigenvalue weighted by Crippen LogP contribution is 2.61. The van der Waals surface area contributed by atoms with Crippen molar-refractivity contribution in [3.8, 4) is 5.75 Å². The van der Waals surface area contributed by atoms with Gasteiger partial charge in [-0.05, 0) is 35.1 Å². The van der Waals surface area contributed by atoms with E-state index >= 15 is 4.57 Å². The Bertz CT molecular complexity index is 1360. The first-order valence-corrected chi connectivity index (χ1v) is 14.5. The van der Waals surface area contributed by atoms with Crippen molar-refractivity contribution in [1.29, 1.82) is 0 Å². The van der Waals surface area contributed by atoms with E-state index in [1.807, 2.05) is 48.5 Å². The standard InChI is InChI=1S/C33H33O2P/c1-23(2)25-14-18-28(19-15-25)36(34,29-20-16-26(17-21-29)24(3)4)33-22-32(27-10-6-5-7-11-27)35-31-13-9-8-12-30(31)33/h5-24,33H,1-4H3. The molecule has 0 spiro atoms. The topological polar surface area (TPSA) is 26.3 Å². The maximum atomic E-state index is 15.6. The zero-order chi connectivity index (χ0) is 25.3. The molecule has 3 heteroatoms. The minimum absolute atomic E-state index is 0.340. The van der Waals surface area contributed by atoms with Crippen molar-refractivity contribution < 1.29 is 9.30 Å². The second-order valence-electron chi connectivity index (χ2n) is 10.1. The SMILES string of the molecule is CC(C)c1ccc(P(=O)(c2ccc(C(C)C)cc2)C2C=C(c3ccccc3)Oc3ccccc32)cc1. The molecular formula is C33H33O2P. The van der Waals surface area contributed by atoms with Crippen LogP contribution in [0.15, 0.2) is 109 Å². The molecule has 1 aliphatic heterocycles. The Hall–Kier alpha value is -3.35. The average molecular weight is 493 g/mol. The maximum absolute atomic E-state index is 15.6. The molecule has 1 atom stereocenters. The lowest BCUT2D eigenvalue weighted by Gasteiger charge is -2.32. The van der Waals surface area contributed by atoms with E-state index in [9.17, 15) is 0 Å². The summed E-state index contributed by atoms with van der Waals surface area (Å²) in [4.78, 5) is 0. The summed E-state index contributed by atoms with van der Waals surface area (Å²) in [6.07, 6.45) is 2.07. The van der Waals surface area contributed by atoms with Crippen LogP contribution >= 0.6 is 7.14 Å². The lowest BCUT2D eigenvalue weighted by molar-refractivity contribution is 0.494. The van der Waals surface area contributed by atoms with Crippen molar-refractivity contribution in [3.05, 3.63) is 131 Å². The number of rotatable bonds is 6. The fourth-order valence-corrected chi connectivity index (χ4v) is 7.97. The summed E-state index contributed by atoms with van der Waals surface area (Å²) in [7, 11) is -3.15. The molecule has 0 N–H and O–H groups in total. The molecule has 0 amide bonds. The van der Waals surface area contributed by atoms with E-state index < -0.39 is 7.14 Å². The summed E-state index contributed by atoms with van der Waals surface area (Å²) < 4.78 is 21.9. The largest absolute Gasteiger partial charge is 0.457 e. The molecule has 4 aromatic carbocycles. The van der Waals surface area contributed by atoms with Gasteiger partial charge < -0.3 is 9.30 Å². The summed E-state index contributed by atoms with van der Waals surface area (Å²) in [6.45, 7) is 8.73. The zero-order valence-electron chi connectivity index (χ0n) is 21.4. The molecular weight excluding hydrogens is 459 g/mol. The third-order valence-corrected chi connectivity index (χ3v) is 10.4. The number of fused-ring (bicyclic) bond motifs is 1. The highest BCUT2D eigenvalue weighted by molar-refractivity contribution is 7.79. The van der Waals surface area contributed by atoms with Crippen LogP contribution in [0.4, 0.5) is 0 Å². The van der Waals surface area contributed by atoms with Crippen LogP contribution in [0.3, 0.4) is 0 Å². The number of hydrogen-bond acceptors (Lipinski definition) is 2. The number of para-hydroxylation sites is 1. The van der Waals surface area contributed by atoms with Crippen molar-refractivity contribution in [1.82, 2.24) is 0 Å². The lowest BCUT2D eigenvalue weighted by Crippen LogP contribution is -2.23. The Morgan fingerprint density at radius 2 is 1.14 bits per heavy atom. The van der Waals surface area contributed by atoms with Gasteiger partial charge in [0.2, 0.25) is 0 Å². The van der Waals surface area contributed by atoms with E-state index in [1.165, 1.54) is 11.1 Å². The van der Waals surface area contributed by atoms with Crippen molar-refractivity contribution in [2.24, 2.45) is 0 Å². The summed E-state index contributed by atoms with van der Waals surface area (Å²) in [5.41, 5.74) is 4.09. The third kappa shape index (κ3) is 4.47. The van der Waals surface area contributed by atoms with Crippen LogP contribution in [0.25, 0.3) is 5.76 Å². The van der Waals surface area contributed by atoms with Gasteiger partial charge in [0.05, 0.1) is 5.66 Å². The van der Waals surface area contributed by atoms with Crippen LogP contribution < -0.4 is 15.3 Å². The van der Waals surface area contributed by atoms with E-state index in [-0.39, 0.29) is 5.66 Å². The first-order valence-electron chi connectivity index (χ1n) is 12.7. The normalized spacial score (nSPS) is 15.4. The van der Waals surface area contributed by atoms with Gasteiger partial charge in [0.25, 0.3) is 0 Å². The van der Waals surface area contributed by atoms with E-state index in [2.05, 4.69) is 88.4 Å². The number of hydrogen-bond donors (Lipinski definition) is 0. The fourth-order valence-electron chi connectivity index (χ4n) is 4.89. The molecule has 0 bridgehead atoms. The first-order chi connectivity index (χ1) is 17.4. The summed E-state index contributed by atoms with van der Waals surface area (Å²) >= 11 is 0. The summed E-state index contributed by atoms with van der Waals surface area (Å²) in [6, 6.07) is 34.9. The Morgan fingerprint density at radius 1 is 0.639 bits per heavy atom. The first kappa shape index (κ1) is 24.3. The highest BCUT2D eigenvalue weighted by Gasteiger charge is 2.40. The minimum Gasteiger partial charge on any atom is -0.457 e. The molecule has 182 valence electrons. The monoisotopic (exact) mass is 492 g/mol. The maximum Gasteiger partial charge on any atom is 0.154 e. The Balaban J connectivity index is 1.74. The lowest BCUT2D eigenvalue weighted by atomic mass is 10.0. The second-order valence-corrected chi connectivity index (χ2v) is 13.0. The Kier molecular flexibility index (Phi) is 6.73. The van der Waals surface area contributed by atoms with Crippen LogP contribution in [0.2, 0.25) is 0 Å². The van der Waals surface area contributed by atoms with Crippen LogP contribution in [0.5, 0.6) is 5.75 Å². The van der Waals surface area contributed by atoms with Gasteiger partial charge >= 0.3 is 0 Å². The van der Waals surface area contributed by atoms with Crippen molar-refractivity contribution in [3.63, 3.8) is 0 Å². The summed E-state index contributed by atoms with van der Waals surface area (Å²) in [5.74, 6) is 2.34. The predicted octanol–water partition coefficient (Wildman–Crippen LogP) is 8.42. The molecule has 36 heavy (non-hydrogen) atoms. The van der Waals surface area contributed by atoms with E-state index in [1.54, 1.807) is 0 Å². The van der Waals surface area contributed by atoms with Gasteiger partial charge in [-0.1, -0.05) is 125 Å². The molecule has 0 radical (unpaired) electrons. The van der Waals surface area contributed by atoms with Crippen molar-refractivity contribution >= 4 is 23.5 Å². The quantitative estimate of drug-likeness (QED) is 0.253. The molecule has 5 rings (SSSR count). The van der Waals surface area contributed by atoms with Crippen molar-refractivity contribution in [2.45, 2.75) is 45.2 Å². The van der Waals surface area contributed by atoms with Crippen LogP contribution in [0.1, 0.15) is 67.4 Å². The second kappa shape index (κ2) is 9.96. The molecule has 1 aliphatic rings. The van der Waals surface area contributed by atoms with Gasteiger partial charge in [-0.15, -0.1) is 0 Å². The van der Waals surface area contributed by atoms with Gasteiger partial charge in [-0.25, -0.2) is 0 Å². The average Bonchev–Trinajstić information content (AvgIpc) is 2.92. The molecule has 0 aliphatic carbocycles. The van der Waals surface area contributed by atoms with Gasteiger partial charge in [0.1, 0.15) is 11.5 Å². The molecule has 0 saturated carbocycles. The number of allylic oxidation sites excluding steroid dienone is 1. The fraction of sp³-hybridized carbons (Fsp3) is 0.212. The molecule has 0 aromatic heterocycles. The van der Waals surface area contributed by atoms with Crippen LogP contribution in [-0.2, 0) is 4.57 Å². The number of benzene rings is 4. The molecule has 2 nitrogen and oxygen atoms in total. The van der Waals surface area contributed by atoms with E-state index in [0.29, 0.717) is 11.8 Å². The van der Waals surface area contributed by atoms with Crippen molar-refractivity contribution in [2.75, 3.05) is 0 Å². The molecule has 0 saturated heterocycles. The smallest absolute Gasteiger partial charge is 0.154 e. The molecule has 4 aromatic rings. The Labute approximate surface area is 215 Å². The predicted molar refractivity (Wildman–Crippen MR) is 152 cm³/mol. The molecule has 0 fully saturated rings. The van der Waals surface area contributed by atoms with Gasteiger partial charge in [-0.2, -0.15) is 0 Å². The zero-order valence-corrected chi connectivity index (χ0v) is 22.3. The van der Waals surface area contributed by atoms with Gasteiger partial charge in [0, 0.05) is 21.7 Å². The van der Waals surface area contributed by atoms with E-state index in [0.717, 1.165) is 33.2 Å². The van der Waals surface area contributed by atoms with Crippen LogP contribution in [-0.4, -0.2) is 0 Å². The summed E-state index contributed by atoms with van der Waals surface area (Å²) in [5, 5.41) is 1.74. The number of ether oxygens (including phenoxy) is 1. The highest BCUT2D eigenvalue weighted by atomic mass is 31.2.